The van der Waals surface area contributed by atoms with Gasteiger partial charge in [0.05, 0.1) is 11.5 Å². The van der Waals surface area contributed by atoms with Crippen molar-refractivity contribution >= 4 is 18.4 Å². The number of nitrogens with zero attached hydrogens (tertiary/aromatic N) is 3. The molecule has 2 aliphatic rings. The molecule has 7 heteroatoms. The Labute approximate surface area is 136 Å². The summed E-state index contributed by atoms with van der Waals surface area (Å²) in [6, 6.07) is -0.0215. The number of aliphatic carboxylic acids is 1. The van der Waals surface area contributed by atoms with Gasteiger partial charge in [0, 0.05) is 19.0 Å². The summed E-state index contributed by atoms with van der Waals surface area (Å²) in [7, 11) is 0. The first-order chi connectivity index (χ1) is 9.94. The molecule has 22 heavy (non-hydrogen) atoms. The van der Waals surface area contributed by atoms with E-state index in [1.54, 1.807) is 0 Å². The van der Waals surface area contributed by atoms with Gasteiger partial charge in [-0.3, -0.25) is 9.69 Å². The third kappa shape index (κ3) is 2.63. The second kappa shape index (κ2) is 6.16. The predicted octanol–water partition coefficient (Wildman–Crippen LogP) is 2.86. The van der Waals surface area contributed by atoms with Crippen molar-refractivity contribution in [2.24, 2.45) is 11.3 Å². The fourth-order valence-corrected chi connectivity index (χ4v) is 3.78. The Morgan fingerprint density at radius 3 is 2.73 bits per heavy atom. The summed E-state index contributed by atoms with van der Waals surface area (Å²) in [6.45, 7) is 7.48. The maximum Gasteiger partial charge on any atom is 0.311 e. The largest absolute Gasteiger partial charge is 0.481 e. The number of carboxylic acids is 1. The Bertz CT molecular complexity index is 548. The summed E-state index contributed by atoms with van der Waals surface area (Å²) in [5, 5.41) is 13.6. The van der Waals surface area contributed by atoms with Crippen molar-refractivity contribution in [1.82, 2.24) is 15.0 Å². The van der Waals surface area contributed by atoms with Crippen molar-refractivity contribution in [3.05, 3.63) is 11.7 Å². The van der Waals surface area contributed by atoms with Gasteiger partial charge in [0.15, 0.2) is 5.82 Å². The molecule has 2 fully saturated rings. The lowest BCUT2D eigenvalue weighted by Gasteiger charge is -2.25. The third-order valence-electron chi connectivity index (χ3n) is 5.20. The molecule has 1 aromatic rings. The minimum Gasteiger partial charge on any atom is -0.481 e. The molecule has 124 valence electrons. The first kappa shape index (κ1) is 17.2. The van der Waals surface area contributed by atoms with Crippen molar-refractivity contribution in [2.45, 2.75) is 52.0 Å². The number of hydrogen-bond acceptors (Lipinski definition) is 5. The van der Waals surface area contributed by atoms with E-state index in [0.29, 0.717) is 18.3 Å². The molecule has 1 aromatic heterocycles. The first-order valence-electron chi connectivity index (χ1n) is 7.75. The van der Waals surface area contributed by atoms with E-state index in [4.69, 9.17) is 4.52 Å². The molecule has 0 amide bonds. The lowest BCUT2D eigenvalue weighted by molar-refractivity contribution is -0.149. The van der Waals surface area contributed by atoms with Crippen molar-refractivity contribution < 1.29 is 14.4 Å². The molecule has 1 aliphatic heterocycles. The number of carboxylic acid groups (broad SMARTS) is 1. The summed E-state index contributed by atoms with van der Waals surface area (Å²) < 4.78 is 5.37. The molecule has 1 aliphatic carbocycles. The van der Waals surface area contributed by atoms with E-state index in [1.165, 1.54) is 0 Å². The second-order valence-electron chi connectivity index (χ2n) is 6.80. The highest BCUT2D eigenvalue weighted by atomic mass is 35.5. The van der Waals surface area contributed by atoms with E-state index in [1.807, 2.05) is 20.8 Å². The van der Waals surface area contributed by atoms with E-state index in [2.05, 4.69) is 15.0 Å². The number of carbonyl (C=O) groups is 1. The summed E-state index contributed by atoms with van der Waals surface area (Å²) in [5.41, 5.74) is -0.560. The van der Waals surface area contributed by atoms with Crippen LogP contribution in [0.25, 0.3) is 0 Å². The van der Waals surface area contributed by atoms with Crippen molar-refractivity contribution in [3.63, 3.8) is 0 Å². The monoisotopic (exact) mass is 329 g/mol. The molecule has 1 N–H and O–H groups in total. The van der Waals surface area contributed by atoms with Gasteiger partial charge in [-0.25, -0.2) is 0 Å². The zero-order chi connectivity index (χ0) is 15.2. The van der Waals surface area contributed by atoms with Gasteiger partial charge in [0.1, 0.15) is 0 Å². The molecule has 1 saturated carbocycles. The predicted molar refractivity (Wildman–Crippen MR) is 83.0 cm³/mol. The fraction of sp³-hybridized carbons (Fsp3) is 0.800. The van der Waals surface area contributed by atoms with E-state index < -0.39 is 11.4 Å². The summed E-state index contributed by atoms with van der Waals surface area (Å²) in [5.74, 6) is 1.15. The summed E-state index contributed by atoms with van der Waals surface area (Å²) in [4.78, 5) is 18.4. The van der Waals surface area contributed by atoms with E-state index in [-0.39, 0.29) is 30.3 Å². The highest BCUT2D eigenvalue weighted by Gasteiger charge is 2.55. The average molecular weight is 330 g/mol. The van der Waals surface area contributed by atoms with E-state index in [9.17, 15) is 9.90 Å². The quantitative estimate of drug-likeness (QED) is 0.915. The minimum atomic E-state index is -0.645. The van der Waals surface area contributed by atoms with Gasteiger partial charge in [-0.2, -0.15) is 4.98 Å². The lowest BCUT2D eigenvalue weighted by atomic mass is 9.81. The molecule has 1 unspecified atom stereocenters. The smallest absolute Gasteiger partial charge is 0.311 e. The van der Waals surface area contributed by atoms with Crippen LogP contribution in [0.3, 0.4) is 0 Å². The van der Waals surface area contributed by atoms with Crippen LogP contribution in [0.4, 0.5) is 0 Å². The van der Waals surface area contributed by atoms with Crippen LogP contribution >= 0.6 is 12.4 Å². The normalized spacial score (nSPS) is 29.4. The Morgan fingerprint density at radius 1 is 1.45 bits per heavy atom. The molecule has 0 spiro atoms. The molecule has 0 aromatic carbocycles. The standard InChI is InChI=1S/C15H23N3O3.ClH/c1-9(2)12-16-13(21-17-12)10(3)18-7-11-5-4-6-15(11,8-18)14(19)20;/h9-11H,4-8H2,1-3H3,(H,19,20);1H/t10?,11-,15+;/m0./s1. The Balaban J connectivity index is 0.00000176. The van der Waals surface area contributed by atoms with E-state index in [0.717, 1.165) is 25.8 Å². The number of aromatic nitrogens is 2. The van der Waals surface area contributed by atoms with Crippen LogP contribution in [0.15, 0.2) is 4.52 Å². The zero-order valence-corrected chi connectivity index (χ0v) is 14.1. The number of hydrogen-bond donors (Lipinski definition) is 1. The van der Waals surface area contributed by atoms with Gasteiger partial charge in [-0.15, -0.1) is 12.4 Å². The number of rotatable bonds is 4. The van der Waals surface area contributed by atoms with Crippen molar-refractivity contribution in [1.29, 1.82) is 0 Å². The average Bonchev–Trinajstić information content (AvgIpc) is 3.11. The van der Waals surface area contributed by atoms with Crippen LogP contribution in [-0.2, 0) is 4.79 Å². The van der Waals surface area contributed by atoms with Gasteiger partial charge < -0.3 is 9.63 Å². The van der Waals surface area contributed by atoms with Gasteiger partial charge >= 0.3 is 5.97 Å². The first-order valence-corrected chi connectivity index (χ1v) is 7.75. The Morgan fingerprint density at radius 2 is 2.18 bits per heavy atom. The number of likely N-dealkylation sites (tertiary alicyclic amines) is 1. The highest BCUT2D eigenvalue weighted by molar-refractivity contribution is 5.85. The number of fused-ring (bicyclic) bond motifs is 1. The Kier molecular flexibility index (Phi) is 4.82. The topological polar surface area (TPSA) is 79.5 Å². The second-order valence-corrected chi connectivity index (χ2v) is 6.80. The summed E-state index contributed by atoms with van der Waals surface area (Å²) >= 11 is 0. The molecule has 6 nitrogen and oxygen atoms in total. The van der Waals surface area contributed by atoms with Crippen molar-refractivity contribution in [2.75, 3.05) is 13.1 Å². The minimum absolute atomic E-state index is 0. The zero-order valence-electron chi connectivity index (χ0n) is 13.3. The maximum absolute atomic E-state index is 11.7. The number of halogens is 1. The van der Waals surface area contributed by atoms with Gasteiger partial charge in [0.25, 0.3) is 0 Å². The fourth-order valence-electron chi connectivity index (χ4n) is 3.78. The molecule has 0 radical (unpaired) electrons. The van der Waals surface area contributed by atoms with Crippen molar-refractivity contribution in [3.8, 4) is 0 Å². The summed E-state index contributed by atoms with van der Waals surface area (Å²) in [6.07, 6.45) is 2.82. The van der Waals surface area contributed by atoms with Crippen LogP contribution in [-0.4, -0.2) is 39.2 Å². The Hall–Kier alpha value is -1.14. The van der Waals surface area contributed by atoms with Crippen LogP contribution < -0.4 is 0 Å². The molecule has 2 heterocycles. The van der Waals surface area contributed by atoms with Crippen LogP contribution in [0.2, 0.25) is 0 Å². The molecule has 3 atom stereocenters. The van der Waals surface area contributed by atoms with Crippen LogP contribution in [0.5, 0.6) is 0 Å². The van der Waals surface area contributed by atoms with Gasteiger partial charge in [-0.05, 0) is 25.7 Å². The van der Waals surface area contributed by atoms with Crippen LogP contribution in [0.1, 0.15) is 63.7 Å². The maximum atomic E-state index is 11.7. The van der Waals surface area contributed by atoms with Gasteiger partial charge in [0.2, 0.25) is 5.89 Å². The molecule has 0 bridgehead atoms. The third-order valence-corrected chi connectivity index (χ3v) is 5.20. The lowest BCUT2D eigenvalue weighted by Crippen LogP contribution is -2.36. The molecule has 1 saturated heterocycles. The SMILES string of the molecule is CC(C)c1noc(C(C)N2C[C@@H]3CCC[C@@]3(C(=O)O)C2)n1.Cl. The molecular weight excluding hydrogens is 306 g/mol. The van der Waals surface area contributed by atoms with E-state index >= 15 is 0 Å². The molecular formula is C15H24ClN3O3. The van der Waals surface area contributed by atoms with Crippen LogP contribution in [0, 0.1) is 11.3 Å². The van der Waals surface area contributed by atoms with Gasteiger partial charge in [-0.1, -0.05) is 25.4 Å². The molecule has 3 rings (SSSR count). The highest BCUT2D eigenvalue weighted by Crippen LogP contribution is 2.50.